The summed E-state index contributed by atoms with van der Waals surface area (Å²) < 4.78 is 16.9. The summed E-state index contributed by atoms with van der Waals surface area (Å²) in [6.07, 6.45) is 0. The Hall–Kier alpha value is -2.32. The quantitative estimate of drug-likeness (QED) is 0.667. The molecule has 8 heteroatoms. The molecule has 3 rings (SSSR count). The number of benzene rings is 1. The maximum absolute atomic E-state index is 6.30. The summed E-state index contributed by atoms with van der Waals surface area (Å²) in [6, 6.07) is 8.62. The van der Waals surface area contributed by atoms with Crippen LogP contribution in [0.1, 0.15) is 24.4 Å². The zero-order chi connectivity index (χ0) is 17.1. The molecule has 0 amide bonds. The molecule has 1 aromatic carbocycles. The molecule has 0 bridgehead atoms. The average Bonchev–Trinajstić information content (AvgIpc) is 3.23. The molecule has 0 spiro atoms. The van der Waals surface area contributed by atoms with Crippen molar-refractivity contribution in [2.45, 2.75) is 13.0 Å². The van der Waals surface area contributed by atoms with Gasteiger partial charge < -0.3 is 19.6 Å². The lowest BCUT2D eigenvalue weighted by Crippen LogP contribution is -2.14. The summed E-state index contributed by atoms with van der Waals surface area (Å²) >= 11 is 3.26. The van der Waals surface area contributed by atoms with Gasteiger partial charge in [-0.1, -0.05) is 6.07 Å². The summed E-state index contributed by atoms with van der Waals surface area (Å²) in [6.45, 7) is 2.45. The Morgan fingerprint density at radius 3 is 2.79 bits per heavy atom. The molecule has 1 atom stereocenters. The van der Waals surface area contributed by atoms with Crippen molar-refractivity contribution in [1.82, 2.24) is 15.2 Å². The number of halogens is 1. The Labute approximate surface area is 147 Å². The van der Waals surface area contributed by atoms with Crippen LogP contribution in [-0.2, 0) is 0 Å². The topological polar surface area (TPSA) is 99.2 Å². The van der Waals surface area contributed by atoms with E-state index in [0.717, 1.165) is 5.56 Å². The molecule has 0 fully saturated rings. The van der Waals surface area contributed by atoms with Crippen molar-refractivity contribution < 1.29 is 13.9 Å². The van der Waals surface area contributed by atoms with Crippen molar-refractivity contribution in [2.24, 2.45) is 5.73 Å². The van der Waals surface area contributed by atoms with E-state index in [9.17, 15) is 0 Å². The van der Waals surface area contributed by atoms with Crippen molar-refractivity contribution in [3.8, 4) is 23.1 Å². The fourth-order valence-corrected chi connectivity index (χ4v) is 2.58. The maximum atomic E-state index is 6.30. The number of aromatic nitrogens is 3. The van der Waals surface area contributed by atoms with Crippen LogP contribution in [0.25, 0.3) is 11.6 Å². The van der Waals surface area contributed by atoms with Crippen LogP contribution in [0.2, 0.25) is 0 Å². The second-order valence-electron chi connectivity index (χ2n) is 4.97. The highest BCUT2D eigenvalue weighted by molar-refractivity contribution is 9.10. The molecule has 0 saturated heterocycles. The van der Waals surface area contributed by atoms with E-state index in [-0.39, 0.29) is 0 Å². The van der Waals surface area contributed by atoms with Gasteiger partial charge in [0.05, 0.1) is 19.8 Å². The number of aromatic amines is 1. The van der Waals surface area contributed by atoms with E-state index >= 15 is 0 Å². The van der Waals surface area contributed by atoms with Gasteiger partial charge in [-0.2, -0.15) is 0 Å². The Bertz CT molecular complexity index is 830. The van der Waals surface area contributed by atoms with Crippen LogP contribution < -0.4 is 15.2 Å². The molecular formula is C16H17BrN4O3. The first-order valence-electron chi connectivity index (χ1n) is 7.36. The van der Waals surface area contributed by atoms with Gasteiger partial charge in [0.15, 0.2) is 21.9 Å². The number of methoxy groups -OCH3 is 1. The van der Waals surface area contributed by atoms with E-state index in [1.165, 1.54) is 0 Å². The van der Waals surface area contributed by atoms with Gasteiger partial charge in [-0.25, -0.2) is 4.98 Å². The van der Waals surface area contributed by atoms with Crippen LogP contribution in [0.15, 0.2) is 39.4 Å². The Kier molecular flexibility index (Phi) is 4.86. The van der Waals surface area contributed by atoms with Crippen LogP contribution in [0.4, 0.5) is 0 Å². The summed E-state index contributed by atoms with van der Waals surface area (Å²) in [5.74, 6) is 2.84. The number of rotatable bonds is 6. The number of ether oxygens (including phenoxy) is 2. The van der Waals surface area contributed by atoms with Gasteiger partial charge in [0, 0.05) is 0 Å². The van der Waals surface area contributed by atoms with Crippen LogP contribution >= 0.6 is 15.9 Å². The summed E-state index contributed by atoms with van der Waals surface area (Å²) in [7, 11) is 1.60. The minimum Gasteiger partial charge on any atom is -0.493 e. The van der Waals surface area contributed by atoms with Crippen molar-refractivity contribution in [1.29, 1.82) is 0 Å². The van der Waals surface area contributed by atoms with Gasteiger partial charge in [-0.3, -0.25) is 5.10 Å². The van der Waals surface area contributed by atoms with Gasteiger partial charge in [0.1, 0.15) is 5.82 Å². The van der Waals surface area contributed by atoms with Crippen molar-refractivity contribution in [3.05, 3.63) is 46.4 Å². The van der Waals surface area contributed by atoms with Crippen molar-refractivity contribution in [2.75, 3.05) is 13.7 Å². The van der Waals surface area contributed by atoms with Gasteiger partial charge in [-0.15, -0.1) is 5.10 Å². The second-order valence-corrected chi connectivity index (χ2v) is 5.75. The Morgan fingerprint density at radius 2 is 2.12 bits per heavy atom. The summed E-state index contributed by atoms with van der Waals surface area (Å²) in [4.78, 5) is 4.41. The smallest absolute Gasteiger partial charge is 0.217 e. The first-order chi connectivity index (χ1) is 11.6. The van der Waals surface area contributed by atoms with E-state index in [1.54, 1.807) is 19.2 Å². The molecule has 7 nitrogen and oxygen atoms in total. The van der Waals surface area contributed by atoms with Gasteiger partial charge in [0.25, 0.3) is 0 Å². The highest BCUT2D eigenvalue weighted by atomic mass is 79.9. The SMILES string of the molecule is CCOc1cc([C@H](N)c2nc(-c3ccc(Br)o3)n[nH]2)ccc1OC. The highest BCUT2D eigenvalue weighted by Crippen LogP contribution is 2.31. The summed E-state index contributed by atoms with van der Waals surface area (Å²) in [5.41, 5.74) is 7.14. The van der Waals surface area contributed by atoms with E-state index in [4.69, 9.17) is 19.6 Å². The van der Waals surface area contributed by atoms with Crippen LogP contribution in [-0.4, -0.2) is 28.9 Å². The molecule has 3 aromatic rings. The predicted molar refractivity (Wildman–Crippen MR) is 92.0 cm³/mol. The van der Waals surface area contributed by atoms with Gasteiger partial charge >= 0.3 is 0 Å². The minimum absolute atomic E-state index is 0.449. The molecule has 0 aliphatic carbocycles. The lowest BCUT2D eigenvalue weighted by molar-refractivity contribution is 0.310. The highest BCUT2D eigenvalue weighted by Gasteiger charge is 2.18. The largest absolute Gasteiger partial charge is 0.493 e. The molecule has 2 aromatic heterocycles. The van der Waals surface area contributed by atoms with Crippen LogP contribution in [0.3, 0.4) is 0 Å². The molecule has 0 aliphatic heterocycles. The van der Waals surface area contributed by atoms with E-state index in [0.29, 0.717) is 40.2 Å². The third-order valence-corrected chi connectivity index (χ3v) is 3.86. The monoisotopic (exact) mass is 392 g/mol. The first-order valence-corrected chi connectivity index (χ1v) is 8.16. The Balaban J connectivity index is 1.87. The average molecular weight is 393 g/mol. The predicted octanol–water partition coefficient (Wildman–Crippen LogP) is 3.28. The zero-order valence-corrected chi connectivity index (χ0v) is 14.8. The first kappa shape index (κ1) is 16.5. The number of nitrogens with zero attached hydrogens (tertiary/aromatic N) is 2. The summed E-state index contributed by atoms with van der Waals surface area (Å²) in [5, 5.41) is 7.01. The zero-order valence-electron chi connectivity index (χ0n) is 13.2. The molecular weight excluding hydrogens is 376 g/mol. The third-order valence-electron chi connectivity index (χ3n) is 3.44. The standard InChI is InChI=1S/C16H17BrN4O3/c1-3-23-12-8-9(4-5-10(12)22-2)14(18)16-19-15(20-21-16)11-6-7-13(17)24-11/h4-8,14H,3,18H2,1-2H3,(H,19,20,21)/t14-/m0/s1. The lowest BCUT2D eigenvalue weighted by Gasteiger charge is -2.14. The number of H-pyrrole nitrogens is 1. The van der Waals surface area contributed by atoms with Crippen LogP contribution in [0.5, 0.6) is 11.5 Å². The Morgan fingerprint density at radius 1 is 1.29 bits per heavy atom. The third kappa shape index (κ3) is 3.29. The van der Waals surface area contributed by atoms with Crippen LogP contribution in [0, 0.1) is 0 Å². The minimum atomic E-state index is -0.477. The number of hydrogen-bond acceptors (Lipinski definition) is 6. The molecule has 0 unspecified atom stereocenters. The van der Waals surface area contributed by atoms with E-state index in [2.05, 4.69) is 31.1 Å². The molecule has 24 heavy (non-hydrogen) atoms. The van der Waals surface area contributed by atoms with Gasteiger partial charge in [0.2, 0.25) is 5.82 Å². The number of hydrogen-bond donors (Lipinski definition) is 2. The number of furan rings is 1. The lowest BCUT2D eigenvalue weighted by atomic mass is 10.1. The molecule has 0 saturated carbocycles. The van der Waals surface area contributed by atoms with Crippen molar-refractivity contribution in [3.63, 3.8) is 0 Å². The second kappa shape index (κ2) is 7.06. The fraction of sp³-hybridized carbons (Fsp3) is 0.250. The molecule has 2 heterocycles. The maximum Gasteiger partial charge on any atom is 0.217 e. The molecule has 126 valence electrons. The van der Waals surface area contributed by atoms with Gasteiger partial charge in [-0.05, 0) is 52.7 Å². The normalized spacial score (nSPS) is 12.2. The number of nitrogens with two attached hydrogens (primary N) is 1. The van der Waals surface area contributed by atoms with Crippen molar-refractivity contribution >= 4 is 15.9 Å². The van der Waals surface area contributed by atoms with E-state index in [1.807, 2.05) is 25.1 Å². The number of nitrogens with one attached hydrogen (secondary N) is 1. The fourth-order valence-electron chi connectivity index (χ4n) is 2.27. The van der Waals surface area contributed by atoms with E-state index < -0.39 is 6.04 Å². The molecule has 3 N–H and O–H groups in total. The molecule has 0 radical (unpaired) electrons. The molecule has 0 aliphatic rings.